The highest BCUT2D eigenvalue weighted by Crippen LogP contribution is 2.40. The van der Waals surface area contributed by atoms with Crippen molar-refractivity contribution in [2.45, 2.75) is 6.92 Å². The molecule has 0 amide bonds. The van der Waals surface area contributed by atoms with Gasteiger partial charge in [-0.15, -0.1) is 0 Å². The molecule has 2 aromatic heterocycles. The first-order valence-corrected chi connectivity index (χ1v) is 10.7. The quantitative estimate of drug-likeness (QED) is 0.265. The van der Waals surface area contributed by atoms with Gasteiger partial charge in [-0.25, -0.2) is 0 Å². The highest BCUT2D eigenvalue weighted by atomic mass is 35.5. The number of phenolic OH excluding ortho intramolecular Hbond substituents is 1. The fourth-order valence-electron chi connectivity index (χ4n) is 4.00. The van der Waals surface area contributed by atoms with E-state index in [2.05, 4.69) is 10.1 Å². The number of aromatic hydroxyl groups is 2. The van der Waals surface area contributed by atoms with Crippen molar-refractivity contribution in [3.05, 3.63) is 82.7 Å². The van der Waals surface area contributed by atoms with Gasteiger partial charge >= 0.3 is 0 Å². The fraction of sp³-hybridized carbons (Fsp3) is 0.0769. The molecule has 0 saturated carbocycles. The Morgan fingerprint density at radius 3 is 2.38 bits per heavy atom. The van der Waals surface area contributed by atoms with Gasteiger partial charge in [0.1, 0.15) is 0 Å². The zero-order chi connectivity index (χ0) is 24.0. The third-order valence-corrected chi connectivity index (χ3v) is 5.98. The molecule has 170 valence electrons. The first-order valence-electron chi connectivity index (χ1n) is 10.4. The lowest BCUT2D eigenvalue weighted by atomic mass is 9.97. The number of carbonyl (C=O) groups is 1. The van der Waals surface area contributed by atoms with Gasteiger partial charge in [0.2, 0.25) is 17.4 Å². The molecule has 2 heterocycles. The number of fused-ring (bicyclic) bond motifs is 1. The van der Waals surface area contributed by atoms with Crippen LogP contribution in [-0.2, 0) is 0 Å². The number of aryl methyl sites for hydroxylation is 1. The lowest BCUT2D eigenvalue weighted by Gasteiger charge is -2.10. The van der Waals surface area contributed by atoms with Crippen molar-refractivity contribution >= 4 is 28.3 Å². The van der Waals surface area contributed by atoms with E-state index in [1.807, 2.05) is 24.3 Å². The van der Waals surface area contributed by atoms with Crippen LogP contribution in [0.25, 0.3) is 33.2 Å². The molecule has 0 atom stereocenters. The molecule has 0 bridgehead atoms. The molecule has 0 aliphatic heterocycles. The molecule has 0 aliphatic rings. The van der Waals surface area contributed by atoms with E-state index in [1.54, 1.807) is 37.3 Å². The number of para-hydroxylation sites is 1. The monoisotopic (exact) mass is 474 g/mol. The number of aromatic amines is 1. The van der Waals surface area contributed by atoms with Crippen LogP contribution < -0.4 is 4.74 Å². The molecule has 0 fully saturated rings. The van der Waals surface area contributed by atoms with Crippen LogP contribution in [0.15, 0.2) is 65.2 Å². The standard InChI is InChI=1S/C26H19ClN2O5/c1-13-10-22(34-29-13)25(31)23-18-11-17(19(27)12-20(18)28-26(23)32)15-8-6-14(7-9-15)16-4-3-5-21(33-2)24(16)30/h3-12,28,30,32H,1-2H3. The number of nitrogens with zero attached hydrogens (tertiary/aromatic N) is 1. The lowest BCUT2D eigenvalue weighted by molar-refractivity contribution is 0.0999. The number of aromatic nitrogens is 2. The Bertz CT molecular complexity index is 1550. The Hall–Kier alpha value is -4.23. The number of H-pyrrole nitrogens is 1. The number of benzene rings is 3. The molecule has 5 rings (SSSR count). The molecule has 34 heavy (non-hydrogen) atoms. The molecule has 0 spiro atoms. The number of hydrogen-bond donors (Lipinski definition) is 3. The van der Waals surface area contributed by atoms with E-state index in [0.717, 1.165) is 11.1 Å². The number of phenols is 1. The highest BCUT2D eigenvalue weighted by Gasteiger charge is 2.24. The summed E-state index contributed by atoms with van der Waals surface area (Å²) in [5, 5.41) is 25.6. The topological polar surface area (TPSA) is 109 Å². The molecule has 0 aliphatic carbocycles. The first-order chi connectivity index (χ1) is 16.4. The zero-order valence-corrected chi connectivity index (χ0v) is 19.0. The number of halogens is 1. The van der Waals surface area contributed by atoms with E-state index in [1.165, 1.54) is 13.2 Å². The van der Waals surface area contributed by atoms with Crippen LogP contribution in [-0.4, -0.2) is 33.2 Å². The first kappa shape index (κ1) is 21.6. The smallest absolute Gasteiger partial charge is 0.237 e. The fourth-order valence-corrected chi connectivity index (χ4v) is 4.27. The minimum atomic E-state index is -0.485. The van der Waals surface area contributed by atoms with Gasteiger partial charge in [-0.05, 0) is 36.2 Å². The molecule has 3 aromatic carbocycles. The van der Waals surface area contributed by atoms with Crippen molar-refractivity contribution in [2.24, 2.45) is 0 Å². The van der Waals surface area contributed by atoms with Crippen molar-refractivity contribution < 1.29 is 24.3 Å². The summed E-state index contributed by atoms with van der Waals surface area (Å²) in [5.74, 6) is -0.271. The second kappa shape index (κ2) is 8.28. The van der Waals surface area contributed by atoms with Gasteiger partial charge in [-0.1, -0.05) is 53.2 Å². The van der Waals surface area contributed by atoms with Crippen LogP contribution >= 0.6 is 11.6 Å². The van der Waals surface area contributed by atoms with Crippen molar-refractivity contribution in [3.8, 4) is 39.6 Å². The Balaban J connectivity index is 1.58. The number of nitrogens with one attached hydrogen (secondary N) is 1. The molecule has 0 saturated heterocycles. The number of ether oxygens (including phenoxy) is 1. The molecule has 8 heteroatoms. The summed E-state index contributed by atoms with van der Waals surface area (Å²) < 4.78 is 10.3. The second-order valence-electron chi connectivity index (χ2n) is 7.82. The van der Waals surface area contributed by atoms with Crippen LogP contribution in [0.3, 0.4) is 0 Å². The Morgan fingerprint density at radius 2 is 1.74 bits per heavy atom. The molecule has 3 N–H and O–H groups in total. The number of carbonyl (C=O) groups excluding carboxylic acids is 1. The Labute approximate surface area is 199 Å². The lowest BCUT2D eigenvalue weighted by Crippen LogP contribution is -1.99. The number of methoxy groups -OCH3 is 1. The molecular formula is C26H19ClN2O5. The van der Waals surface area contributed by atoms with Gasteiger partial charge in [0.05, 0.1) is 28.9 Å². The van der Waals surface area contributed by atoms with E-state index in [-0.39, 0.29) is 23.0 Å². The van der Waals surface area contributed by atoms with Crippen LogP contribution in [0.2, 0.25) is 5.02 Å². The average molecular weight is 475 g/mol. The number of ketones is 1. The maximum Gasteiger partial charge on any atom is 0.237 e. The average Bonchev–Trinajstić information content (AvgIpc) is 3.40. The summed E-state index contributed by atoms with van der Waals surface area (Å²) in [6.07, 6.45) is 0. The van der Waals surface area contributed by atoms with E-state index < -0.39 is 5.78 Å². The van der Waals surface area contributed by atoms with Crippen molar-refractivity contribution in [1.29, 1.82) is 0 Å². The van der Waals surface area contributed by atoms with E-state index >= 15 is 0 Å². The van der Waals surface area contributed by atoms with Crippen LogP contribution in [0.1, 0.15) is 21.8 Å². The van der Waals surface area contributed by atoms with Crippen LogP contribution in [0.5, 0.6) is 17.4 Å². The summed E-state index contributed by atoms with van der Waals surface area (Å²) in [6, 6.07) is 17.7. The van der Waals surface area contributed by atoms with Crippen molar-refractivity contribution in [3.63, 3.8) is 0 Å². The van der Waals surface area contributed by atoms with E-state index in [0.29, 0.717) is 38.5 Å². The van der Waals surface area contributed by atoms with E-state index in [9.17, 15) is 15.0 Å². The summed E-state index contributed by atoms with van der Waals surface area (Å²) >= 11 is 6.55. The molecular weight excluding hydrogens is 456 g/mol. The number of hydrogen-bond acceptors (Lipinski definition) is 6. The molecule has 0 radical (unpaired) electrons. The van der Waals surface area contributed by atoms with Gasteiger partial charge in [-0.2, -0.15) is 0 Å². The molecule has 5 aromatic rings. The predicted molar refractivity (Wildman–Crippen MR) is 129 cm³/mol. The summed E-state index contributed by atoms with van der Waals surface area (Å²) in [4.78, 5) is 15.8. The van der Waals surface area contributed by atoms with Crippen LogP contribution in [0.4, 0.5) is 0 Å². The van der Waals surface area contributed by atoms with Crippen LogP contribution in [0, 0.1) is 6.92 Å². The largest absolute Gasteiger partial charge is 0.504 e. The van der Waals surface area contributed by atoms with Gasteiger partial charge in [0, 0.05) is 22.6 Å². The van der Waals surface area contributed by atoms with Gasteiger partial charge in [0.25, 0.3) is 0 Å². The summed E-state index contributed by atoms with van der Waals surface area (Å²) in [7, 11) is 1.50. The van der Waals surface area contributed by atoms with Gasteiger partial charge in [0.15, 0.2) is 11.5 Å². The molecule has 7 nitrogen and oxygen atoms in total. The van der Waals surface area contributed by atoms with Gasteiger partial charge in [-0.3, -0.25) is 4.79 Å². The maximum atomic E-state index is 13.0. The normalized spacial score (nSPS) is 11.1. The third-order valence-electron chi connectivity index (χ3n) is 5.67. The van der Waals surface area contributed by atoms with Crippen molar-refractivity contribution in [1.82, 2.24) is 10.1 Å². The summed E-state index contributed by atoms with van der Waals surface area (Å²) in [6.45, 7) is 1.71. The Kier molecular flexibility index (Phi) is 5.26. The predicted octanol–water partition coefficient (Wildman–Crippen LogP) is 6.10. The highest BCUT2D eigenvalue weighted by molar-refractivity contribution is 6.34. The third kappa shape index (κ3) is 3.56. The summed E-state index contributed by atoms with van der Waals surface area (Å²) in [5.41, 5.74) is 4.08. The second-order valence-corrected chi connectivity index (χ2v) is 8.23. The van der Waals surface area contributed by atoms with Gasteiger partial charge < -0.3 is 24.5 Å². The number of rotatable bonds is 5. The maximum absolute atomic E-state index is 13.0. The Morgan fingerprint density at radius 1 is 1.03 bits per heavy atom. The zero-order valence-electron chi connectivity index (χ0n) is 18.2. The SMILES string of the molecule is COc1cccc(-c2ccc(-c3cc4c(C(=O)c5cc(C)no5)c(O)[nH]c4cc3Cl)cc2)c1O. The molecule has 0 unspecified atom stereocenters. The van der Waals surface area contributed by atoms with Crippen molar-refractivity contribution in [2.75, 3.05) is 7.11 Å². The minimum Gasteiger partial charge on any atom is -0.504 e. The minimum absolute atomic E-state index is 0.0349. The van der Waals surface area contributed by atoms with E-state index in [4.69, 9.17) is 20.9 Å².